The number of benzene rings is 4. The van der Waals surface area contributed by atoms with Crippen molar-refractivity contribution in [2.24, 2.45) is 9.98 Å². The zero-order valence-electron chi connectivity index (χ0n) is 18.0. The first-order chi connectivity index (χ1) is 15.9. The van der Waals surface area contributed by atoms with E-state index in [1.165, 1.54) is 42.3 Å². The van der Waals surface area contributed by atoms with Crippen molar-refractivity contribution in [1.82, 2.24) is 0 Å². The second-order valence-corrected chi connectivity index (χ2v) is 7.15. The van der Waals surface area contributed by atoms with E-state index in [0.29, 0.717) is 22.5 Å². The van der Waals surface area contributed by atoms with Crippen molar-refractivity contribution in [1.29, 1.82) is 0 Å². The summed E-state index contributed by atoms with van der Waals surface area (Å²) < 4.78 is 0. The Hall–Kier alpha value is -4.58. The average Bonchev–Trinajstić information content (AvgIpc) is 2.79. The fourth-order valence-electron chi connectivity index (χ4n) is 2.78. The molecular weight excluding hydrogens is 416 g/mol. The predicted octanol–water partition coefficient (Wildman–Crippen LogP) is 6.01. The molecule has 0 heterocycles. The molecule has 0 radical (unpaired) electrons. The van der Waals surface area contributed by atoms with Gasteiger partial charge in [-0.25, -0.2) is 0 Å². The van der Waals surface area contributed by atoms with Gasteiger partial charge in [-0.2, -0.15) is 0 Å². The lowest BCUT2D eigenvalue weighted by Crippen LogP contribution is -1.83. The van der Waals surface area contributed by atoms with Gasteiger partial charge < -0.3 is 20.4 Å². The maximum atomic E-state index is 9.81. The zero-order chi connectivity index (χ0) is 23.6. The van der Waals surface area contributed by atoms with Crippen LogP contribution in [0.4, 0.5) is 11.4 Å². The molecule has 33 heavy (non-hydrogen) atoms. The van der Waals surface area contributed by atoms with Gasteiger partial charge >= 0.3 is 0 Å². The van der Waals surface area contributed by atoms with E-state index in [4.69, 9.17) is 0 Å². The molecule has 0 aliphatic rings. The Bertz CT molecular complexity index is 1190. The van der Waals surface area contributed by atoms with Gasteiger partial charge in [0, 0.05) is 35.7 Å². The maximum absolute atomic E-state index is 9.81. The smallest absolute Gasteiger partial charge is 0.128 e. The van der Waals surface area contributed by atoms with Crippen molar-refractivity contribution in [2.45, 2.75) is 6.92 Å². The molecule has 0 aliphatic carbocycles. The van der Waals surface area contributed by atoms with Gasteiger partial charge in [-0.05, 0) is 43.3 Å². The van der Waals surface area contributed by atoms with E-state index in [-0.39, 0.29) is 23.0 Å². The fourth-order valence-corrected chi connectivity index (χ4v) is 2.78. The summed E-state index contributed by atoms with van der Waals surface area (Å²) in [6.45, 7) is 2.08. The number of aliphatic imine (C=N–C) groups is 2. The van der Waals surface area contributed by atoms with E-state index in [1.54, 1.807) is 36.4 Å². The maximum Gasteiger partial charge on any atom is 0.128 e. The molecule has 6 heteroatoms. The molecule has 0 aliphatic heterocycles. The van der Waals surface area contributed by atoms with Gasteiger partial charge in [-0.1, -0.05) is 48.0 Å². The highest BCUT2D eigenvalue weighted by Gasteiger charge is 2.03. The highest BCUT2D eigenvalue weighted by Crippen LogP contribution is 2.29. The van der Waals surface area contributed by atoms with Crippen molar-refractivity contribution in [2.75, 3.05) is 0 Å². The summed E-state index contributed by atoms with van der Waals surface area (Å²) in [5.74, 6) is -0.218. The number of aryl methyl sites for hydroxylation is 1. The molecule has 0 aromatic heterocycles. The van der Waals surface area contributed by atoms with Crippen LogP contribution in [-0.2, 0) is 0 Å². The SMILES string of the molecule is Cc1ccccc1.Oc1ccc(C=Nc2ccccc2N=Cc2ccc(O)cc2O)c(O)c1. The van der Waals surface area contributed by atoms with Crippen LogP contribution >= 0.6 is 0 Å². The highest BCUT2D eigenvalue weighted by atomic mass is 16.3. The third-order valence-electron chi connectivity index (χ3n) is 4.54. The summed E-state index contributed by atoms with van der Waals surface area (Å²) in [6, 6.07) is 25.9. The van der Waals surface area contributed by atoms with Crippen molar-refractivity contribution in [3.8, 4) is 23.0 Å². The monoisotopic (exact) mass is 440 g/mol. The average molecular weight is 440 g/mol. The van der Waals surface area contributed by atoms with Gasteiger partial charge in [0.15, 0.2) is 0 Å². The standard InChI is InChI=1S/C20H16N2O4.C7H8/c23-15-7-5-13(19(25)9-15)11-21-17-3-1-2-4-18(17)22-12-14-6-8-16(24)10-20(14)26;1-7-5-3-2-4-6-7/h1-12,23-26H;2-6H,1H3. The Labute approximate surface area is 192 Å². The van der Waals surface area contributed by atoms with Crippen LogP contribution in [0.15, 0.2) is 101 Å². The molecule has 6 nitrogen and oxygen atoms in total. The third-order valence-corrected chi connectivity index (χ3v) is 4.54. The number of phenols is 4. The van der Waals surface area contributed by atoms with Crippen LogP contribution in [0.2, 0.25) is 0 Å². The predicted molar refractivity (Wildman–Crippen MR) is 132 cm³/mol. The number of para-hydroxylation sites is 2. The molecule has 4 N–H and O–H groups in total. The van der Waals surface area contributed by atoms with Crippen molar-refractivity contribution < 1.29 is 20.4 Å². The zero-order valence-corrected chi connectivity index (χ0v) is 18.0. The molecule has 0 fully saturated rings. The van der Waals surface area contributed by atoms with E-state index in [1.807, 2.05) is 18.2 Å². The lowest BCUT2D eigenvalue weighted by molar-refractivity contribution is 0.449. The largest absolute Gasteiger partial charge is 0.508 e. The van der Waals surface area contributed by atoms with Gasteiger partial charge in [0.2, 0.25) is 0 Å². The molecule has 0 atom stereocenters. The molecule has 0 saturated carbocycles. The second kappa shape index (κ2) is 11.2. The molecule has 0 bridgehead atoms. The molecule has 166 valence electrons. The summed E-state index contributed by atoms with van der Waals surface area (Å²) >= 11 is 0. The van der Waals surface area contributed by atoms with E-state index >= 15 is 0 Å². The molecular formula is C27H24N2O4. The molecule has 0 spiro atoms. The minimum atomic E-state index is -0.0799. The van der Waals surface area contributed by atoms with E-state index in [2.05, 4.69) is 29.0 Å². The summed E-state index contributed by atoms with van der Waals surface area (Å²) in [7, 11) is 0. The molecule has 4 aromatic carbocycles. The molecule has 4 rings (SSSR count). The topological polar surface area (TPSA) is 106 Å². The number of nitrogens with zero attached hydrogens (tertiary/aromatic N) is 2. The first-order valence-electron chi connectivity index (χ1n) is 10.1. The molecule has 0 saturated heterocycles. The number of hydrogen-bond acceptors (Lipinski definition) is 6. The van der Waals surface area contributed by atoms with Gasteiger partial charge in [-0.3, -0.25) is 9.98 Å². The summed E-state index contributed by atoms with van der Waals surface area (Å²) in [6.07, 6.45) is 2.95. The lowest BCUT2D eigenvalue weighted by Gasteiger charge is -2.02. The quantitative estimate of drug-likeness (QED) is 0.292. The van der Waals surface area contributed by atoms with E-state index in [0.717, 1.165) is 0 Å². The summed E-state index contributed by atoms with van der Waals surface area (Å²) in [4.78, 5) is 8.67. The van der Waals surface area contributed by atoms with E-state index < -0.39 is 0 Å². The Kier molecular flexibility index (Phi) is 7.81. The molecule has 0 amide bonds. The number of hydrogen-bond donors (Lipinski definition) is 4. The van der Waals surface area contributed by atoms with Crippen molar-refractivity contribution in [3.05, 3.63) is 108 Å². The van der Waals surface area contributed by atoms with Crippen LogP contribution in [-0.4, -0.2) is 32.9 Å². The molecule has 4 aromatic rings. The van der Waals surface area contributed by atoms with Gasteiger partial charge in [0.1, 0.15) is 23.0 Å². The Balaban J connectivity index is 0.000000374. The van der Waals surface area contributed by atoms with Crippen molar-refractivity contribution in [3.63, 3.8) is 0 Å². The van der Waals surface area contributed by atoms with Gasteiger partial charge in [-0.15, -0.1) is 0 Å². The third kappa shape index (κ3) is 6.97. The van der Waals surface area contributed by atoms with Crippen LogP contribution in [0, 0.1) is 6.92 Å². The Morgan fingerprint density at radius 1 is 0.545 bits per heavy atom. The normalized spacial score (nSPS) is 10.8. The minimum absolute atomic E-state index is 0.0293. The molecule has 0 unspecified atom stereocenters. The Morgan fingerprint density at radius 2 is 0.970 bits per heavy atom. The first kappa shape index (κ1) is 23.1. The van der Waals surface area contributed by atoms with E-state index in [9.17, 15) is 20.4 Å². The fraction of sp³-hybridized carbons (Fsp3) is 0.0370. The van der Waals surface area contributed by atoms with Gasteiger partial charge in [0.25, 0.3) is 0 Å². The first-order valence-corrected chi connectivity index (χ1v) is 10.1. The van der Waals surface area contributed by atoms with Crippen LogP contribution in [0.1, 0.15) is 16.7 Å². The lowest BCUT2D eigenvalue weighted by atomic mass is 10.2. The number of phenolic OH excluding ortho intramolecular Hbond substituents is 4. The number of aromatic hydroxyl groups is 4. The van der Waals surface area contributed by atoms with Crippen LogP contribution < -0.4 is 0 Å². The van der Waals surface area contributed by atoms with Crippen LogP contribution in [0.25, 0.3) is 0 Å². The second-order valence-electron chi connectivity index (χ2n) is 7.15. The highest BCUT2D eigenvalue weighted by molar-refractivity contribution is 5.89. The van der Waals surface area contributed by atoms with Crippen LogP contribution in [0.5, 0.6) is 23.0 Å². The number of rotatable bonds is 4. The van der Waals surface area contributed by atoms with Crippen molar-refractivity contribution >= 4 is 23.8 Å². The Morgan fingerprint density at radius 3 is 1.33 bits per heavy atom. The van der Waals surface area contributed by atoms with Crippen LogP contribution in [0.3, 0.4) is 0 Å². The summed E-state index contributed by atoms with van der Waals surface area (Å²) in [5, 5.41) is 38.3. The summed E-state index contributed by atoms with van der Waals surface area (Å²) in [5.41, 5.74) is 3.36. The van der Waals surface area contributed by atoms with Gasteiger partial charge in [0.05, 0.1) is 11.4 Å². The minimum Gasteiger partial charge on any atom is -0.508 e.